The maximum atomic E-state index is 12.7. The van der Waals surface area contributed by atoms with E-state index >= 15 is 0 Å². The largest absolute Gasteiger partial charge is 0.507 e. The Labute approximate surface area is 125 Å². The van der Waals surface area contributed by atoms with Crippen molar-refractivity contribution in [1.29, 1.82) is 0 Å². The van der Waals surface area contributed by atoms with Gasteiger partial charge in [0.25, 0.3) is 0 Å². The zero-order valence-corrected chi connectivity index (χ0v) is 11.3. The van der Waals surface area contributed by atoms with Crippen LogP contribution in [0.3, 0.4) is 0 Å². The monoisotopic (exact) mass is 301 g/mol. The number of hydrogen-bond acceptors (Lipinski definition) is 4. The standard InChI is InChI=1S/C15H12FN3O3/c16-11-5-7-12(8-6-11)18-14(21)15(22)19-17-9-10-3-1-2-4-13(10)20/h1-9,20H,(H,18,21)(H,19,22). The van der Waals surface area contributed by atoms with Gasteiger partial charge < -0.3 is 10.4 Å². The fraction of sp³-hybridized carbons (Fsp3) is 0. The number of amides is 2. The van der Waals surface area contributed by atoms with Gasteiger partial charge in [-0.15, -0.1) is 0 Å². The summed E-state index contributed by atoms with van der Waals surface area (Å²) in [5.41, 5.74) is 2.70. The molecule has 0 aliphatic heterocycles. The number of anilines is 1. The molecule has 0 saturated carbocycles. The van der Waals surface area contributed by atoms with Gasteiger partial charge in [-0.3, -0.25) is 9.59 Å². The molecule has 0 heterocycles. The summed E-state index contributed by atoms with van der Waals surface area (Å²) in [6, 6.07) is 11.3. The number of benzene rings is 2. The fourth-order valence-electron chi connectivity index (χ4n) is 1.53. The summed E-state index contributed by atoms with van der Waals surface area (Å²) in [6.07, 6.45) is 1.21. The number of carbonyl (C=O) groups excluding carboxylic acids is 2. The van der Waals surface area contributed by atoms with Crippen LogP contribution in [0.1, 0.15) is 5.56 Å². The molecule has 0 aliphatic rings. The molecule has 3 N–H and O–H groups in total. The number of hydrogen-bond donors (Lipinski definition) is 3. The molecule has 0 aliphatic carbocycles. The van der Waals surface area contributed by atoms with Crippen LogP contribution in [0.15, 0.2) is 53.6 Å². The summed E-state index contributed by atoms with van der Waals surface area (Å²) in [5.74, 6) is -2.39. The lowest BCUT2D eigenvalue weighted by Gasteiger charge is -2.03. The van der Waals surface area contributed by atoms with Gasteiger partial charge in [-0.05, 0) is 36.4 Å². The van der Waals surface area contributed by atoms with Gasteiger partial charge in [-0.2, -0.15) is 5.10 Å². The quantitative estimate of drug-likeness (QED) is 0.457. The minimum atomic E-state index is -0.990. The molecule has 2 aromatic carbocycles. The lowest BCUT2D eigenvalue weighted by molar-refractivity contribution is -0.136. The second-order valence-corrected chi connectivity index (χ2v) is 4.22. The van der Waals surface area contributed by atoms with E-state index in [0.29, 0.717) is 5.56 Å². The van der Waals surface area contributed by atoms with Gasteiger partial charge in [-0.25, -0.2) is 9.82 Å². The average molecular weight is 301 g/mol. The number of carbonyl (C=O) groups is 2. The smallest absolute Gasteiger partial charge is 0.329 e. The molecule has 0 aromatic heterocycles. The molecule has 2 rings (SSSR count). The second kappa shape index (κ2) is 6.98. The van der Waals surface area contributed by atoms with Crippen LogP contribution in [-0.2, 0) is 9.59 Å². The molecule has 0 spiro atoms. The number of phenols is 1. The summed E-state index contributed by atoms with van der Waals surface area (Å²) >= 11 is 0. The molecule has 0 radical (unpaired) electrons. The number of aromatic hydroxyl groups is 1. The van der Waals surface area contributed by atoms with Crippen molar-refractivity contribution in [2.45, 2.75) is 0 Å². The Morgan fingerprint density at radius 2 is 1.73 bits per heavy atom. The van der Waals surface area contributed by atoms with Gasteiger partial charge in [0, 0.05) is 11.3 Å². The maximum absolute atomic E-state index is 12.7. The molecule has 6 nitrogen and oxygen atoms in total. The van der Waals surface area contributed by atoms with Crippen molar-refractivity contribution < 1.29 is 19.1 Å². The van der Waals surface area contributed by atoms with E-state index in [1.54, 1.807) is 18.2 Å². The molecular formula is C15H12FN3O3. The van der Waals surface area contributed by atoms with Crippen LogP contribution in [0.5, 0.6) is 5.75 Å². The van der Waals surface area contributed by atoms with E-state index in [1.165, 1.54) is 24.4 Å². The predicted molar refractivity (Wildman–Crippen MR) is 78.9 cm³/mol. The lowest BCUT2D eigenvalue weighted by Crippen LogP contribution is -2.32. The molecule has 2 amide bonds. The first-order chi connectivity index (χ1) is 10.6. The Balaban J connectivity index is 1.90. The molecular weight excluding hydrogens is 289 g/mol. The summed E-state index contributed by atoms with van der Waals surface area (Å²) in [7, 11) is 0. The third kappa shape index (κ3) is 4.14. The number of halogens is 1. The van der Waals surface area contributed by atoms with E-state index in [4.69, 9.17) is 0 Å². The van der Waals surface area contributed by atoms with Crippen molar-refractivity contribution in [2.75, 3.05) is 5.32 Å². The predicted octanol–water partition coefficient (Wildman–Crippen LogP) is 1.62. The average Bonchev–Trinajstić information content (AvgIpc) is 2.51. The van der Waals surface area contributed by atoms with Crippen LogP contribution in [0.2, 0.25) is 0 Å². The van der Waals surface area contributed by atoms with Crippen LogP contribution >= 0.6 is 0 Å². The van der Waals surface area contributed by atoms with Crippen LogP contribution in [-0.4, -0.2) is 23.1 Å². The number of rotatable bonds is 3. The van der Waals surface area contributed by atoms with Crippen molar-refractivity contribution in [2.24, 2.45) is 5.10 Å². The van der Waals surface area contributed by atoms with Gasteiger partial charge in [0.1, 0.15) is 11.6 Å². The molecule has 112 valence electrons. The number of phenolic OH excluding ortho intramolecular Hbond substituents is 1. The molecule has 7 heteroatoms. The minimum absolute atomic E-state index is 0.00346. The zero-order chi connectivity index (χ0) is 15.9. The fourth-order valence-corrected chi connectivity index (χ4v) is 1.53. The Hall–Kier alpha value is -3.22. The second-order valence-electron chi connectivity index (χ2n) is 4.22. The Bertz CT molecular complexity index is 714. The zero-order valence-electron chi connectivity index (χ0n) is 11.3. The number of nitrogens with zero attached hydrogens (tertiary/aromatic N) is 1. The van der Waals surface area contributed by atoms with Crippen LogP contribution < -0.4 is 10.7 Å². The van der Waals surface area contributed by atoms with Gasteiger partial charge >= 0.3 is 11.8 Å². The molecule has 0 atom stereocenters. The van der Waals surface area contributed by atoms with Gasteiger partial charge in [-0.1, -0.05) is 12.1 Å². The van der Waals surface area contributed by atoms with E-state index in [9.17, 15) is 19.1 Å². The summed E-state index contributed by atoms with van der Waals surface area (Å²) < 4.78 is 12.7. The number of nitrogens with one attached hydrogen (secondary N) is 2. The van der Waals surface area contributed by atoms with E-state index < -0.39 is 17.6 Å². The van der Waals surface area contributed by atoms with Crippen LogP contribution in [0.4, 0.5) is 10.1 Å². The van der Waals surface area contributed by atoms with Crippen LogP contribution in [0, 0.1) is 5.82 Å². The summed E-state index contributed by atoms with van der Waals surface area (Å²) in [5, 5.41) is 15.4. The van der Waals surface area contributed by atoms with E-state index in [2.05, 4.69) is 10.4 Å². The first-order valence-corrected chi connectivity index (χ1v) is 6.24. The SMILES string of the molecule is O=C(NN=Cc1ccccc1O)C(=O)Nc1ccc(F)cc1. The van der Waals surface area contributed by atoms with Gasteiger partial charge in [0.2, 0.25) is 0 Å². The first kappa shape index (κ1) is 15.2. The molecule has 0 saturated heterocycles. The van der Waals surface area contributed by atoms with E-state index in [-0.39, 0.29) is 11.4 Å². The highest BCUT2D eigenvalue weighted by molar-refractivity contribution is 6.39. The highest BCUT2D eigenvalue weighted by atomic mass is 19.1. The third-order valence-electron chi connectivity index (χ3n) is 2.61. The van der Waals surface area contributed by atoms with Crippen molar-refractivity contribution >= 4 is 23.7 Å². The Morgan fingerprint density at radius 3 is 2.41 bits per heavy atom. The first-order valence-electron chi connectivity index (χ1n) is 6.24. The van der Waals surface area contributed by atoms with Gasteiger partial charge in [0.15, 0.2) is 0 Å². The van der Waals surface area contributed by atoms with E-state index in [1.807, 2.05) is 5.43 Å². The molecule has 0 bridgehead atoms. The van der Waals surface area contributed by atoms with Gasteiger partial charge in [0.05, 0.1) is 6.21 Å². The van der Waals surface area contributed by atoms with Crippen molar-refractivity contribution in [3.05, 3.63) is 59.9 Å². The topological polar surface area (TPSA) is 90.8 Å². The lowest BCUT2D eigenvalue weighted by atomic mass is 10.2. The molecule has 0 fully saturated rings. The van der Waals surface area contributed by atoms with Crippen molar-refractivity contribution in [3.8, 4) is 5.75 Å². The number of hydrazone groups is 1. The maximum Gasteiger partial charge on any atom is 0.329 e. The summed E-state index contributed by atoms with van der Waals surface area (Å²) in [4.78, 5) is 23.1. The highest BCUT2D eigenvalue weighted by Gasteiger charge is 2.12. The van der Waals surface area contributed by atoms with E-state index in [0.717, 1.165) is 12.1 Å². The normalized spacial score (nSPS) is 10.4. The van der Waals surface area contributed by atoms with Crippen molar-refractivity contribution in [1.82, 2.24) is 5.43 Å². The van der Waals surface area contributed by atoms with Crippen molar-refractivity contribution in [3.63, 3.8) is 0 Å². The molecule has 0 unspecified atom stereocenters. The third-order valence-corrected chi connectivity index (χ3v) is 2.61. The van der Waals surface area contributed by atoms with Crippen LogP contribution in [0.25, 0.3) is 0 Å². The molecule has 22 heavy (non-hydrogen) atoms. The highest BCUT2D eigenvalue weighted by Crippen LogP contribution is 2.12. The molecule has 2 aromatic rings. The Morgan fingerprint density at radius 1 is 1.05 bits per heavy atom. The minimum Gasteiger partial charge on any atom is -0.507 e. The summed E-state index contributed by atoms with van der Waals surface area (Å²) in [6.45, 7) is 0. The number of para-hydroxylation sites is 1. The Kier molecular flexibility index (Phi) is 4.81.